The summed E-state index contributed by atoms with van der Waals surface area (Å²) in [6.07, 6.45) is 1.19. The first-order valence-electron chi connectivity index (χ1n) is 6.60. The number of allylic oxidation sites excluding steroid dienone is 1. The number of carbonyl (C=O) groups is 1. The normalized spacial score (nSPS) is 11.7. The molecule has 0 aliphatic heterocycles. The number of aliphatic hydroxyl groups is 2. The fourth-order valence-electron chi connectivity index (χ4n) is 1.59. The smallest absolute Gasteiger partial charge is 0.165 e. The second-order valence-corrected chi connectivity index (χ2v) is 4.09. The fraction of sp³-hybridized carbons (Fsp3) is 0.375. The van der Waals surface area contributed by atoms with Crippen LogP contribution in [0.25, 0.3) is 5.76 Å². The molecule has 0 fully saturated rings. The average molecular weight is 277 g/mol. The van der Waals surface area contributed by atoms with Crippen LogP contribution in [0.2, 0.25) is 0 Å². The maximum absolute atomic E-state index is 11.5. The molecular weight excluding hydrogens is 254 g/mol. The Morgan fingerprint density at radius 3 is 2.40 bits per heavy atom. The summed E-state index contributed by atoms with van der Waals surface area (Å²) in [5.74, 6) is -0.411. The van der Waals surface area contributed by atoms with Crippen LogP contribution in [0.5, 0.6) is 0 Å². The molecule has 4 heteroatoms. The summed E-state index contributed by atoms with van der Waals surface area (Å²) in [5, 5.41) is 18.8. The van der Waals surface area contributed by atoms with Crippen LogP contribution in [-0.2, 0) is 4.79 Å². The molecule has 110 valence electrons. The van der Waals surface area contributed by atoms with Gasteiger partial charge >= 0.3 is 0 Å². The molecule has 1 aromatic carbocycles. The molecule has 0 spiro atoms. The number of ketones is 1. The molecule has 0 saturated heterocycles. The Labute approximate surface area is 120 Å². The van der Waals surface area contributed by atoms with E-state index >= 15 is 0 Å². The molecule has 1 rings (SSSR count). The summed E-state index contributed by atoms with van der Waals surface area (Å²) in [6, 6.07) is 5.61. The number of aliphatic imine (C=N–C) groups is 1. The molecule has 0 radical (unpaired) electrons. The first-order valence-corrected chi connectivity index (χ1v) is 6.60. The van der Waals surface area contributed by atoms with Crippen LogP contribution in [0, 0.1) is 13.8 Å². The van der Waals surface area contributed by atoms with Crippen LogP contribution in [0.3, 0.4) is 0 Å². The number of hydrogen-bond donors (Lipinski definition) is 2. The zero-order valence-corrected chi connectivity index (χ0v) is 12.8. The van der Waals surface area contributed by atoms with Crippen LogP contribution in [-0.4, -0.2) is 28.9 Å². The van der Waals surface area contributed by atoms with Gasteiger partial charge in [0.05, 0.1) is 5.57 Å². The highest BCUT2D eigenvalue weighted by Gasteiger charge is 2.13. The van der Waals surface area contributed by atoms with Gasteiger partial charge in [-0.25, -0.2) is 0 Å². The van der Waals surface area contributed by atoms with Gasteiger partial charge in [-0.1, -0.05) is 31.5 Å². The maximum atomic E-state index is 11.5. The second-order valence-electron chi connectivity index (χ2n) is 4.09. The third-order valence-corrected chi connectivity index (χ3v) is 2.58. The highest BCUT2D eigenvalue weighted by molar-refractivity contribution is 6.17. The number of rotatable bonds is 4. The van der Waals surface area contributed by atoms with Crippen molar-refractivity contribution >= 4 is 17.8 Å². The minimum Gasteiger partial charge on any atom is -0.506 e. The van der Waals surface area contributed by atoms with Gasteiger partial charge in [-0.15, -0.1) is 0 Å². The predicted octanol–water partition coefficient (Wildman–Crippen LogP) is 3.21. The summed E-state index contributed by atoms with van der Waals surface area (Å²) in [4.78, 5) is 15.1. The summed E-state index contributed by atoms with van der Waals surface area (Å²) >= 11 is 0. The molecule has 0 bridgehead atoms. The molecule has 4 nitrogen and oxygen atoms in total. The van der Waals surface area contributed by atoms with Gasteiger partial charge in [0.2, 0.25) is 0 Å². The van der Waals surface area contributed by atoms with E-state index in [-0.39, 0.29) is 17.1 Å². The van der Waals surface area contributed by atoms with Crippen LogP contribution >= 0.6 is 0 Å². The van der Waals surface area contributed by atoms with Crippen molar-refractivity contribution in [3.8, 4) is 0 Å². The van der Waals surface area contributed by atoms with Gasteiger partial charge < -0.3 is 10.2 Å². The highest BCUT2D eigenvalue weighted by Crippen LogP contribution is 2.21. The Balaban J connectivity index is 0.00000172. The first-order chi connectivity index (χ1) is 9.47. The highest BCUT2D eigenvalue weighted by atomic mass is 16.3. The molecule has 20 heavy (non-hydrogen) atoms. The number of hydrogen-bond acceptors (Lipinski definition) is 4. The van der Waals surface area contributed by atoms with Crippen molar-refractivity contribution in [3.63, 3.8) is 0 Å². The lowest BCUT2D eigenvalue weighted by Gasteiger charge is -2.08. The number of Topliss-reactive ketones (excluding diaryl/α,β-unsaturated/α-hetero) is 1. The lowest BCUT2D eigenvalue weighted by Crippen LogP contribution is -2.04. The van der Waals surface area contributed by atoms with Crippen molar-refractivity contribution in [1.82, 2.24) is 0 Å². The average Bonchev–Trinajstić information content (AvgIpc) is 2.43. The van der Waals surface area contributed by atoms with E-state index in [0.717, 1.165) is 11.1 Å². The van der Waals surface area contributed by atoms with Gasteiger partial charge in [0.25, 0.3) is 0 Å². The van der Waals surface area contributed by atoms with Crippen molar-refractivity contribution in [2.24, 2.45) is 4.99 Å². The molecule has 0 aliphatic carbocycles. The Morgan fingerprint density at radius 2 is 1.90 bits per heavy atom. The van der Waals surface area contributed by atoms with Crippen LogP contribution in [0.1, 0.15) is 37.5 Å². The number of nitrogens with zero attached hydrogens (tertiary/aromatic N) is 1. The monoisotopic (exact) mass is 277 g/mol. The predicted molar refractivity (Wildman–Crippen MR) is 83.1 cm³/mol. The zero-order chi connectivity index (χ0) is 15.7. The summed E-state index contributed by atoms with van der Waals surface area (Å²) in [7, 11) is 0. The summed E-state index contributed by atoms with van der Waals surface area (Å²) in [6.45, 7) is 8.69. The van der Waals surface area contributed by atoms with Crippen LogP contribution in [0.15, 0.2) is 28.8 Å². The van der Waals surface area contributed by atoms with E-state index in [9.17, 15) is 9.90 Å². The third-order valence-electron chi connectivity index (χ3n) is 2.58. The van der Waals surface area contributed by atoms with E-state index in [2.05, 4.69) is 4.99 Å². The maximum Gasteiger partial charge on any atom is 0.165 e. The quantitative estimate of drug-likeness (QED) is 0.504. The lowest BCUT2D eigenvalue weighted by molar-refractivity contribution is -0.113. The molecule has 0 atom stereocenters. The molecule has 0 heterocycles. The van der Waals surface area contributed by atoms with Crippen molar-refractivity contribution < 1.29 is 15.0 Å². The standard InChI is InChI=1S/C14H17NO3.C2H6/c1-9-4-5-10(2)12(6-9)14(18)13(11(3)17)7-15-8-16;1-2/h4-7,16,18H,8H2,1-3H3;1-2H3. The largest absolute Gasteiger partial charge is 0.506 e. The topological polar surface area (TPSA) is 69.9 Å². The SMILES string of the molecule is CC.CC(=O)C(C=NCO)=C(O)c1cc(C)ccc1C. The minimum absolute atomic E-state index is 0.0951. The first kappa shape index (κ1) is 18.1. The number of aliphatic hydroxyl groups excluding tert-OH is 2. The molecule has 0 saturated carbocycles. The van der Waals surface area contributed by atoms with Crippen molar-refractivity contribution in [3.05, 3.63) is 40.5 Å². The minimum atomic E-state index is -0.420. The molecule has 0 aliphatic rings. The van der Waals surface area contributed by atoms with E-state index < -0.39 is 6.73 Å². The third kappa shape index (κ3) is 4.97. The van der Waals surface area contributed by atoms with Gasteiger partial charge in [-0.05, 0) is 32.4 Å². The number of aryl methyl sites for hydroxylation is 2. The second kappa shape index (κ2) is 9.04. The van der Waals surface area contributed by atoms with E-state index in [1.54, 1.807) is 6.07 Å². The fourth-order valence-corrected chi connectivity index (χ4v) is 1.59. The zero-order valence-electron chi connectivity index (χ0n) is 12.8. The van der Waals surface area contributed by atoms with E-state index in [0.29, 0.717) is 5.56 Å². The summed E-state index contributed by atoms with van der Waals surface area (Å²) in [5.41, 5.74) is 2.56. The van der Waals surface area contributed by atoms with Crippen molar-refractivity contribution in [2.75, 3.05) is 6.73 Å². The van der Waals surface area contributed by atoms with Crippen LogP contribution < -0.4 is 0 Å². The van der Waals surface area contributed by atoms with Crippen molar-refractivity contribution in [2.45, 2.75) is 34.6 Å². The Hall–Kier alpha value is -1.94. The molecule has 1 aromatic rings. The van der Waals surface area contributed by atoms with Crippen LogP contribution in [0.4, 0.5) is 0 Å². The molecule has 0 amide bonds. The Morgan fingerprint density at radius 1 is 1.30 bits per heavy atom. The Bertz CT molecular complexity index is 516. The van der Waals surface area contributed by atoms with E-state index in [4.69, 9.17) is 5.11 Å². The van der Waals surface area contributed by atoms with E-state index in [1.165, 1.54) is 13.1 Å². The molecule has 0 unspecified atom stereocenters. The molecular formula is C16H23NO3. The van der Waals surface area contributed by atoms with Gasteiger partial charge in [-0.2, -0.15) is 0 Å². The number of benzene rings is 1. The van der Waals surface area contributed by atoms with Gasteiger partial charge in [-0.3, -0.25) is 9.79 Å². The van der Waals surface area contributed by atoms with Gasteiger partial charge in [0, 0.05) is 11.8 Å². The van der Waals surface area contributed by atoms with Gasteiger partial charge in [0.15, 0.2) is 5.78 Å². The van der Waals surface area contributed by atoms with Crippen molar-refractivity contribution in [1.29, 1.82) is 0 Å². The lowest BCUT2D eigenvalue weighted by atomic mass is 10.00. The Kier molecular flexibility index (Phi) is 8.16. The van der Waals surface area contributed by atoms with Gasteiger partial charge in [0.1, 0.15) is 12.5 Å². The summed E-state index contributed by atoms with van der Waals surface area (Å²) < 4.78 is 0. The molecule has 0 aromatic heterocycles. The van der Waals surface area contributed by atoms with E-state index in [1.807, 2.05) is 39.8 Å². The molecule has 2 N–H and O–H groups in total. The number of carbonyl (C=O) groups excluding carboxylic acids is 1.